The van der Waals surface area contributed by atoms with Crippen molar-refractivity contribution >= 4 is 16.7 Å². The molecule has 30 heavy (non-hydrogen) atoms. The third-order valence-corrected chi connectivity index (χ3v) is 5.87. The van der Waals surface area contributed by atoms with E-state index >= 15 is 0 Å². The SMILES string of the molecule is CCN(CC)C(CNC(=O)[C@@H](C)c1ccc2cc(OC)ccc2c1)c1ccccc1. The molecule has 0 fully saturated rings. The molecule has 3 aromatic rings. The minimum absolute atomic E-state index is 0.0518. The summed E-state index contributed by atoms with van der Waals surface area (Å²) in [6.07, 6.45) is 0. The van der Waals surface area contributed by atoms with Crippen LogP contribution in [0.25, 0.3) is 10.8 Å². The number of carbonyl (C=O) groups excluding carboxylic acids is 1. The van der Waals surface area contributed by atoms with Gasteiger partial charge in [0.1, 0.15) is 5.75 Å². The van der Waals surface area contributed by atoms with Crippen LogP contribution in [0.1, 0.15) is 43.9 Å². The minimum atomic E-state index is -0.218. The number of nitrogens with zero attached hydrogens (tertiary/aromatic N) is 1. The fraction of sp³-hybridized carbons (Fsp3) is 0.346. The molecule has 0 bridgehead atoms. The largest absolute Gasteiger partial charge is 0.497 e. The van der Waals surface area contributed by atoms with Gasteiger partial charge in [0.05, 0.1) is 19.1 Å². The van der Waals surface area contributed by atoms with Gasteiger partial charge in [-0.25, -0.2) is 0 Å². The van der Waals surface area contributed by atoms with E-state index in [4.69, 9.17) is 4.74 Å². The van der Waals surface area contributed by atoms with Crippen LogP contribution in [-0.4, -0.2) is 37.6 Å². The van der Waals surface area contributed by atoms with Crippen LogP contribution in [0.2, 0.25) is 0 Å². The van der Waals surface area contributed by atoms with Crippen molar-refractivity contribution < 1.29 is 9.53 Å². The van der Waals surface area contributed by atoms with Crippen molar-refractivity contribution in [2.24, 2.45) is 0 Å². The van der Waals surface area contributed by atoms with Gasteiger partial charge in [0.25, 0.3) is 0 Å². The van der Waals surface area contributed by atoms with Crippen molar-refractivity contribution in [1.82, 2.24) is 10.2 Å². The lowest BCUT2D eigenvalue weighted by molar-refractivity contribution is -0.122. The molecule has 0 spiro atoms. The van der Waals surface area contributed by atoms with Gasteiger partial charge in [-0.2, -0.15) is 0 Å². The fourth-order valence-electron chi connectivity index (χ4n) is 3.94. The Labute approximate surface area is 179 Å². The molecule has 4 nitrogen and oxygen atoms in total. The van der Waals surface area contributed by atoms with E-state index in [1.54, 1.807) is 7.11 Å². The maximum atomic E-state index is 13.0. The molecule has 4 heteroatoms. The number of hydrogen-bond acceptors (Lipinski definition) is 3. The van der Waals surface area contributed by atoms with Gasteiger partial charge in [-0.15, -0.1) is 0 Å². The molecule has 158 valence electrons. The van der Waals surface area contributed by atoms with E-state index in [0.717, 1.165) is 35.2 Å². The highest BCUT2D eigenvalue weighted by molar-refractivity contribution is 5.88. The highest BCUT2D eigenvalue weighted by atomic mass is 16.5. The van der Waals surface area contributed by atoms with Gasteiger partial charge >= 0.3 is 0 Å². The zero-order chi connectivity index (χ0) is 21.5. The molecule has 3 aromatic carbocycles. The van der Waals surface area contributed by atoms with Crippen LogP contribution in [0.5, 0.6) is 5.75 Å². The normalized spacial score (nSPS) is 13.2. The zero-order valence-corrected chi connectivity index (χ0v) is 18.4. The van der Waals surface area contributed by atoms with E-state index in [1.165, 1.54) is 5.56 Å². The van der Waals surface area contributed by atoms with Gasteiger partial charge in [0.2, 0.25) is 5.91 Å². The Morgan fingerprint density at radius 2 is 1.60 bits per heavy atom. The lowest BCUT2D eigenvalue weighted by Gasteiger charge is -2.30. The van der Waals surface area contributed by atoms with E-state index in [2.05, 4.69) is 60.5 Å². The van der Waals surface area contributed by atoms with Crippen molar-refractivity contribution in [2.75, 3.05) is 26.7 Å². The summed E-state index contributed by atoms with van der Waals surface area (Å²) in [5.74, 6) is 0.671. The Morgan fingerprint density at radius 1 is 0.933 bits per heavy atom. The van der Waals surface area contributed by atoms with Crippen LogP contribution in [0.15, 0.2) is 66.7 Å². The van der Waals surface area contributed by atoms with Crippen LogP contribution in [0, 0.1) is 0 Å². The van der Waals surface area contributed by atoms with Crippen molar-refractivity contribution in [2.45, 2.75) is 32.7 Å². The molecule has 0 aromatic heterocycles. The second-order valence-corrected chi connectivity index (χ2v) is 7.59. The summed E-state index contributed by atoms with van der Waals surface area (Å²) >= 11 is 0. The molecule has 3 rings (SSSR count). The summed E-state index contributed by atoms with van der Waals surface area (Å²) in [6.45, 7) is 8.77. The molecule has 1 amide bonds. The smallest absolute Gasteiger partial charge is 0.227 e. The Hall–Kier alpha value is -2.85. The maximum Gasteiger partial charge on any atom is 0.227 e. The average molecular weight is 405 g/mol. The maximum absolute atomic E-state index is 13.0. The summed E-state index contributed by atoms with van der Waals surface area (Å²) in [6, 6.07) is 22.8. The predicted molar refractivity (Wildman–Crippen MR) is 124 cm³/mol. The molecule has 0 aliphatic carbocycles. The molecular weight excluding hydrogens is 372 g/mol. The number of amides is 1. The lowest BCUT2D eigenvalue weighted by Crippen LogP contribution is -2.39. The van der Waals surface area contributed by atoms with E-state index in [-0.39, 0.29) is 17.9 Å². The molecule has 0 aliphatic rings. The van der Waals surface area contributed by atoms with Crippen LogP contribution >= 0.6 is 0 Å². The van der Waals surface area contributed by atoms with Crippen LogP contribution in [0.4, 0.5) is 0 Å². The van der Waals surface area contributed by atoms with Crippen molar-refractivity contribution in [3.05, 3.63) is 77.9 Å². The van der Waals surface area contributed by atoms with Crippen LogP contribution in [0.3, 0.4) is 0 Å². The first-order valence-electron chi connectivity index (χ1n) is 10.7. The molecule has 2 atom stereocenters. The highest BCUT2D eigenvalue weighted by Gasteiger charge is 2.21. The van der Waals surface area contributed by atoms with Gasteiger partial charge in [-0.05, 0) is 54.0 Å². The van der Waals surface area contributed by atoms with Crippen molar-refractivity contribution in [3.63, 3.8) is 0 Å². The predicted octanol–water partition coefficient (Wildman–Crippen LogP) is 5.15. The molecule has 0 saturated carbocycles. The molecule has 0 saturated heterocycles. The van der Waals surface area contributed by atoms with Crippen LogP contribution in [-0.2, 0) is 4.79 Å². The van der Waals surface area contributed by atoms with Gasteiger partial charge < -0.3 is 10.1 Å². The topological polar surface area (TPSA) is 41.6 Å². The summed E-state index contributed by atoms with van der Waals surface area (Å²) < 4.78 is 5.30. The number of benzene rings is 3. The van der Waals surface area contributed by atoms with E-state index in [1.807, 2.05) is 37.3 Å². The Morgan fingerprint density at radius 3 is 2.27 bits per heavy atom. The van der Waals surface area contributed by atoms with E-state index in [9.17, 15) is 4.79 Å². The Bertz CT molecular complexity index is 967. The standard InChI is InChI=1S/C26H32N2O2/c1-5-28(6-2)25(20-10-8-7-9-11-20)18-27-26(29)19(3)21-12-13-23-17-24(30-4)15-14-22(23)16-21/h7-17,19,25H,5-6,18H2,1-4H3,(H,27,29)/t19-,25?/m0/s1. The van der Waals surface area contributed by atoms with Gasteiger partial charge in [0.15, 0.2) is 0 Å². The number of carbonyl (C=O) groups is 1. The lowest BCUT2D eigenvalue weighted by atomic mass is 9.96. The van der Waals surface area contributed by atoms with E-state index < -0.39 is 0 Å². The quantitative estimate of drug-likeness (QED) is 0.536. The number of nitrogens with one attached hydrogen (secondary N) is 1. The first-order valence-corrected chi connectivity index (χ1v) is 10.7. The first-order chi connectivity index (χ1) is 14.6. The minimum Gasteiger partial charge on any atom is -0.497 e. The summed E-state index contributed by atoms with van der Waals surface area (Å²) in [7, 11) is 1.67. The molecular formula is C26H32N2O2. The molecule has 0 heterocycles. The third kappa shape index (κ3) is 5.00. The zero-order valence-electron chi connectivity index (χ0n) is 18.4. The number of fused-ring (bicyclic) bond motifs is 1. The highest BCUT2D eigenvalue weighted by Crippen LogP contribution is 2.26. The molecule has 1 N–H and O–H groups in total. The summed E-state index contributed by atoms with van der Waals surface area (Å²) in [5.41, 5.74) is 2.25. The van der Waals surface area contributed by atoms with Gasteiger partial charge in [-0.1, -0.05) is 68.4 Å². The van der Waals surface area contributed by atoms with Crippen LogP contribution < -0.4 is 10.1 Å². The number of hydrogen-bond donors (Lipinski definition) is 1. The second kappa shape index (κ2) is 10.3. The first kappa shape index (κ1) is 21.8. The number of ether oxygens (including phenoxy) is 1. The fourth-order valence-corrected chi connectivity index (χ4v) is 3.94. The van der Waals surface area contributed by atoms with Gasteiger partial charge in [-0.3, -0.25) is 9.69 Å². The van der Waals surface area contributed by atoms with Crippen molar-refractivity contribution in [1.29, 1.82) is 0 Å². The second-order valence-electron chi connectivity index (χ2n) is 7.59. The van der Waals surface area contributed by atoms with E-state index in [0.29, 0.717) is 6.54 Å². The summed E-state index contributed by atoms with van der Waals surface area (Å²) in [5, 5.41) is 5.41. The molecule has 1 unspecified atom stereocenters. The van der Waals surface area contributed by atoms with Crippen molar-refractivity contribution in [3.8, 4) is 5.75 Å². The molecule has 0 radical (unpaired) electrons. The molecule has 0 aliphatic heterocycles. The van der Waals surface area contributed by atoms with Gasteiger partial charge in [0, 0.05) is 6.54 Å². The Balaban J connectivity index is 1.73. The Kier molecular flexibility index (Phi) is 7.47. The monoisotopic (exact) mass is 404 g/mol. The number of rotatable bonds is 9. The number of likely N-dealkylation sites (N-methyl/N-ethyl adjacent to an activating group) is 1. The average Bonchev–Trinajstić information content (AvgIpc) is 2.80. The summed E-state index contributed by atoms with van der Waals surface area (Å²) in [4.78, 5) is 15.3. The third-order valence-electron chi connectivity index (χ3n) is 5.87. The number of methoxy groups -OCH3 is 1.